The van der Waals surface area contributed by atoms with Crippen LogP contribution in [0.5, 0.6) is 0 Å². The second-order valence-electron chi connectivity index (χ2n) is 7.46. The summed E-state index contributed by atoms with van der Waals surface area (Å²) in [5, 5.41) is 5.79. The van der Waals surface area contributed by atoms with Crippen LogP contribution in [-0.2, 0) is 21.5 Å². The van der Waals surface area contributed by atoms with Gasteiger partial charge in [-0.1, -0.05) is 59.3 Å². The molecule has 2 aromatic carbocycles. The molecule has 1 heterocycles. The van der Waals surface area contributed by atoms with Crippen LogP contribution < -0.4 is 10.6 Å². The summed E-state index contributed by atoms with van der Waals surface area (Å²) in [5.74, 6) is -0.703. The van der Waals surface area contributed by atoms with E-state index >= 15 is 0 Å². The SMILES string of the molecule is CCC(NC(=O)CN1C(=O)NC2(CCc3ccccc32)C1=O)c1ccc(Br)cc1. The summed E-state index contributed by atoms with van der Waals surface area (Å²) in [7, 11) is 0. The van der Waals surface area contributed by atoms with Gasteiger partial charge >= 0.3 is 6.03 Å². The van der Waals surface area contributed by atoms with E-state index in [1.54, 1.807) is 0 Å². The number of hydrogen-bond acceptors (Lipinski definition) is 3. The lowest BCUT2D eigenvalue weighted by Crippen LogP contribution is -2.44. The van der Waals surface area contributed by atoms with E-state index in [0.29, 0.717) is 12.8 Å². The third kappa shape index (κ3) is 3.44. The number of fused-ring (bicyclic) bond motifs is 2. The summed E-state index contributed by atoms with van der Waals surface area (Å²) in [4.78, 5) is 39.4. The number of hydrogen-bond donors (Lipinski definition) is 2. The molecule has 2 aromatic rings. The standard InChI is InChI=1S/C22H22BrN3O3/c1-2-18(15-7-9-16(23)10-8-15)24-19(27)13-26-20(28)22(25-21(26)29)12-11-14-5-3-4-6-17(14)22/h3-10,18H,2,11-13H2,1H3,(H,24,27)(H,25,29). The molecule has 1 aliphatic carbocycles. The first-order chi connectivity index (χ1) is 13.9. The van der Waals surface area contributed by atoms with Crippen molar-refractivity contribution in [1.29, 1.82) is 0 Å². The van der Waals surface area contributed by atoms with Crippen molar-refractivity contribution >= 4 is 33.8 Å². The van der Waals surface area contributed by atoms with Crippen LogP contribution in [0.15, 0.2) is 53.0 Å². The minimum atomic E-state index is -1.04. The van der Waals surface area contributed by atoms with Gasteiger partial charge in [-0.2, -0.15) is 0 Å². The Bertz CT molecular complexity index is 976. The van der Waals surface area contributed by atoms with Crippen LogP contribution in [0.2, 0.25) is 0 Å². The van der Waals surface area contributed by atoms with Gasteiger partial charge in [0, 0.05) is 4.47 Å². The van der Waals surface area contributed by atoms with Gasteiger partial charge in [-0.15, -0.1) is 0 Å². The van der Waals surface area contributed by atoms with Crippen molar-refractivity contribution < 1.29 is 14.4 Å². The molecule has 4 rings (SSSR count). The van der Waals surface area contributed by atoms with E-state index < -0.39 is 11.6 Å². The number of benzene rings is 2. The Kier molecular flexibility index (Phi) is 5.17. The fraction of sp³-hybridized carbons (Fsp3) is 0.318. The molecule has 2 atom stereocenters. The molecule has 6 nitrogen and oxygen atoms in total. The number of amides is 4. The van der Waals surface area contributed by atoms with Gasteiger partial charge in [-0.05, 0) is 48.1 Å². The van der Waals surface area contributed by atoms with E-state index in [1.807, 2.05) is 55.5 Å². The predicted molar refractivity (Wildman–Crippen MR) is 112 cm³/mol. The normalized spacial score (nSPS) is 21.2. The zero-order valence-corrected chi connectivity index (χ0v) is 17.7. The van der Waals surface area contributed by atoms with Gasteiger partial charge in [0.15, 0.2) is 0 Å². The Morgan fingerprint density at radius 3 is 2.66 bits per heavy atom. The Hall–Kier alpha value is -2.67. The van der Waals surface area contributed by atoms with Crippen molar-refractivity contribution in [3.8, 4) is 0 Å². The molecule has 1 saturated heterocycles. The molecule has 1 aliphatic heterocycles. The topological polar surface area (TPSA) is 78.5 Å². The van der Waals surface area contributed by atoms with E-state index in [0.717, 1.165) is 32.5 Å². The average molecular weight is 456 g/mol. The molecular weight excluding hydrogens is 434 g/mol. The lowest BCUT2D eigenvalue weighted by atomic mass is 9.92. The first kappa shape index (κ1) is 19.6. The molecule has 0 radical (unpaired) electrons. The van der Waals surface area contributed by atoms with E-state index in [1.165, 1.54) is 0 Å². The number of carbonyl (C=O) groups is 3. The Labute approximate surface area is 177 Å². The molecule has 7 heteroatoms. The molecule has 150 valence electrons. The number of carbonyl (C=O) groups excluding carboxylic acids is 3. The zero-order valence-electron chi connectivity index (χ0n) is 16.1. The van der Waals surface area contributed by atoms with Gasteiger partial charge in [-0.25, -0.2) is 4.79 Å². The van der Waals surface area contributed by atoms with Crippen LogP contribution >= 0.6 is 15.9 Å². The summed E-state index contributed by atoms with van der Waals surface area (Å²) in [6.07, 6.45) is 1.94. The second kappa shape index (κ2) is 7.63. The van der Waals surface area contributed by atoms with Crippen LogP contribution in [0, 0.1) is 0 Å². The van der Waals surface area contributed by atoms with Gasteiger partial charge < -0.3 is 10.6 Å². The van der Waals surface area contributed by atoms with Gasteiger partial charge in [0.25, 0.3) is 5.91 Å². The number of halogens is 1. The van der Waals surface area contributed by atoms with E-state index in [-0.39, 0.29) is 24.4 Å². The number of rotatable bonds is 5. The molecule has 1 fully saturated rings. The van der Waals surface area contributed by atoms with Crippen LogP contribution in [-0.4, -0.2) is 29.3 Å². The second-order valence-corrected chi connectivity index (χ2v) is 8.38. The van der Waals surface area contributed by atoms with Gasteiger partial charge in [0.2, 0.25) is 5.91 Å². The minimum Gasteiger partial charge on any atom is -0.348 e. The highest BCUT2D eigenvalue weighted by atomic mass is 79.9. The van der Waals surface area contributed by atoms with Crippen LogP contribution in [0.1, 0.15) is 42.5 Å². The quantitative estimate of drug-likeness (QED) is 0.677. The summed E-state index contributed by atoms with van der Waals surface area (Å²) in [6.45, 7) is 1.69. The van der Waals surface area contributed by atoms with Crippen LogP contribution in [0.3, 0.4) is 0 Å². The molecule has 0 bridgehead atoms. The van der Waals surface area contributed by atoms with Crippen LogP contribution in [0.4, 0.5) is 4.79 Å². The van der Waals surface area contributed by atoms with Gasteiger partial charge in [-0.3, -0.25) is 14.5 Å². The number of nitrogens with zero attached hydrogens (tertiary/aromatic N) is 1. The highest BCUT2D eigenvalue weighted by Crippen LogP contribution is 2.41. The highest BCUT2D eigenvalue weighted by Gasteiger charge is 2.55. The molecule has 2 N–H and O–H groups in total. The molecule has 0 saturated carbocycles. The minimum absolute atomic E-state index is 0.183. The zero-order chi connectivity index (χ0) is 20.6. The smallest absolute Gasteiger partial charge is 0.325 e. The number of urea groups is 1. The maximum atomic E-state index is 13.2. The Morgan fingerprint density at radius 2 is 1.93 bits per heavy atom. The first-order valence-corrected chi connectivity index (χ1v) is 10.5. The van der Waals surface area contributed by atoms with Crippen molar-refractivity contribution in [1.82, 2.24) is 15.5 Å². The third-order valence-corrected chi connectivity index (χ3v) is 6.27. The third-order valence-electron chi connectivity index (χ3n) is 5.74. The van der Waals surface area contributed by atoms with E-state index in [4.69, 9.17) is 0 Å². The molecule has 4 amide bonds. The molecule has 2 unspecified atom stereocenters. The van der Waals surface area contributed by atoms with E-state index in [2.05, 4.69) is 26.6 Å². The van der Waals surface area contributed by atoms with Gasteiger partial charge in [0.05, 0.1) is 6.04 Å². The molecule has 0 aromatic heterocycles. The Balaban J connectivity index is 1.48. The van der Waals surface area contributed by atoms with Crippen molar-refractivity contribution in [3.05, 3.63) is 69.7 Å². The molecule has 1 spiro atoms. The van der Waals surface area contributed by atoms with Gasteiger partial charge in [0.1, 0.15) is 12.1 Å². The Morgan fingerprint density at radius 1 is 1.21 bits per heavy atom. The van der Waals surface area contributed by atoms with Crippen molar-refractivity contribution in [2.75, 3.05) is 6.54 Å². The highest BCUT2D eigenvalue weighted by molar-refractivity contribution is 9.10. The molecule has 2 aliphatic rings. The summed E-state index contributed by atoms with van der Waals surface area (Å²) >= 11 is 3.40. The maximum absolute atomic E-state index is 13.2. The van der Waals surface area contributed by atoms with Crippen molar-refractivity contribution in [2.24, 2.45) is 0 Å². The summed E-state index contributed by atoms with van der Waals surface area (Å²) in [6, 6.07) is 14.7. The fourth-order valence-corrected chi connectivity index (χ4v) is 4.50. The first-order valence-electron chi connectivity index (χ1n) is 9.72. The van der Waals surface area contributed by atoms with E-state index in [9.17, 15) is 14.4 Å². The van der Waals surface area contributed by atoms with Crippen molar-refractivity contribution in [3.63, 3.8) is 0 Å². The maximum Gasteiger partial charge on any atom is 0.325 e. The fourth-order valence-electron chi connectivity index (χ4n) is 4.23. The van der Waals surface area contributed by atoms with Crippen molar-refractivity contribution in [2.45, 2.75) is 37.8 Å². The number of imide groups is 1. The molecule has 29 heavy (non-hydrogen) atoms. The molecular formula is C22H22BrN3O3. The summed E-state index contributed by atoms with van der Waals surface area (Å²) in [5.41, 5.74) is 1.84. The monoisotopic (exact) mass is 455 g/mol. The summed E-state index contributed by atoms with van der Waals surface area (Å²) < 4.78 is 0.962. The predicted octanol–water partition coefficient (Wildman–Crippen LogP) is 3.41. The van der Waals surface area contributed by atoms with Crippen LogP contribution in [0.25, 0.3) is 0 Å². The largest absolute Gasteiger partial charge is 0.348 e. The average Bonchev–Trinajstić information content (AvgIpc) is 3.20. The number of nitrogens with one attached hydrogen (secondary N) is 2. The lowest BCUT2D eigenvalue weighted by molar-refractivity contribution is -0.135. The number of aryl methyl sites for hydroxylation is 1. The lowest BCUT2D eigenvalue weighted by Gasteiger charge is -2.23.